The van der Waals surface area contributed by atoms with E-state index < -0.39 is 5.54 Å². The number of rotatable bonds is 5. The fraction of sp³-hybridized carbons (Fsp3) is 0.500. The Hall–Kier alpha value is -2.04. The first-order valence-corrected chi connectivity index (χ1v) is 7.24. The summed E-state index contributed by atoms with van der Waals surface area (Å²) in [5, 5.41) is 2.77. The molecule has 1 atom stereocenters. The lowest BCUT2D eigenvalue weighted by molar-refractivity contribution is -0.149. The van der Waals surface area contributed by atoms with Gasteiger partial charge in [-0.15, -0.1) is 0 Å². The normalized spacial score (nSPS) is 22.1. The van der Waals surface area contributed by atoms with E-state index in [1.165, 1.54) is 0 Å². The fourth-order valence-electron chi connectivity index (χ4n) is 2.39. The molecule has 5 heteroatoms. The van der Waals surface area contributed by atoms with Gasteiger partial charge in [-0.25, -0.2) is 0 Å². The van der Waals surface area contributed by atoms with Gasteiger partial charge in [0.1, 0.15) is 17.9 Å². The zero-order valence-electron chi connectivity index (χ0n) is 12.8. The van der Waals surface area contributed by atoms with Gasteiger partial charge < -0.3 is 15.0 Å². The molecule has 114 valence electrons. The van der Waals surface area contributed by atoms with Crippen LogP contribution in [0.1, 0.15) is 25.8 Å². The highest BCUT2D eigenvalue weighted by atomic mass is 16.5. The lowest BCUT2D eigenvalue weighted by Gasteiger charge is -2.39. The molecular formula is C16H22N2O3. The molecule has 1 aliphatic rings. The zero-order chi connectivity index (χ0) is 15.5. The maximum Gasteiger partial charge on any atom is 0.248 e. The van der Waals surface area contributed by atoms with Gasteiger partial charge in [-0.3, -0.25) is 9.59 Å². The molecule has 1 unspecified atom stereocenters. The molecule has 0 radical (unpaired) electrons. The van der Waals surface area contributed by atoms with Crippen LogP contribution in [-0.4, -0.2) is 41.9 Å². The first kappa shape index (κ1) is 15.4. The maximum absolute atomic E-state index is 12.4. The third-order valence-corrected chi connectivity index (χ3v) is 3.84. The van der Waals surface area contributed by atoms with Crippen molar-refractivity contribution in [1.82, 2.24) is 10.2 Å². The Labute approximate surface area is 125 Å². The Balaban J connectivity index is 1.93. The minimum Gasteiger partial charge on any atom is -0.492 e. The Morgan fingerprint density at radius 2 is 2.14 bits per heavy atom. The SMILES string of the molecule is CCC1(C)NC(=O)CN(CCOc2cccc(C)c2)C1=O. The third kappa shape index (κ3) is 3.54. The van der Waals surface area contributed by atoms with Crippen LogP contribution in [0, 0.1) is 6.92 Å². The number of ether oxygens (including phenoxy) is 1. The number of carbonyl (C=O) groups excluding carboxylic acids is 2. The van der Waals surface area contributed by atoms with E-state index in [1.807, 2.05) is 38.1 Å². The van der Waals surface area contributed by atoms with Gasteiger partial charge in [0.15, 0.2) is 0 Å². The summed E-state index contributed by atoms with van der Waals surface area (Å²) in [7, 11) is 0. The second kappa shape index (κ2) is 6.16. The summed E-state index contributed by atoms with van der Waals surface area (Å²) >= 11 is 0. The van der Waals surface area contributed by atoms with E-state index in [4.69, 9.17) is 4.74 Å². The largest absolute Gasteiger partial charge is 0.492 e. The molecular weight excluding hydrogens is 268 g/mol. The van der Waals surface area contributed by atoms with Crippen molar-refractivity contribution >= 4 is 11.8 Å². The monoisotopic (exact) mass is 290 g/mol. The Morgan fingerprint density at radius 3 is 2.81 bits per heavy atom. The lowest BCUT2D eigenvalue weighted by atomic mass is 9.94. The van der Waals surface area contributed by atoms with Gasteiger partial charge in [0, 0.05) is 0 Å². The smallest absolute Gasteiger partial charge is 0.248 e. The number of hydrogen-bond acceptors (Lipinski definition) is 3. The van der Waals surface area contributed by atoms with Gasteiger partial charge in [0.25, 0.3) is 0 Å². The Kier molecular flexibility index (Phi) is 4.50. The van der Waals surface area contributed by atoms with Crippen LogP contribution in [0.4, 0.5) is 0 Å². The molecule has 1 saturated heterocycles. The van der Waals surface area contributed by atoms with Crippen LogP contribution in [-0.2, 0) is 9.59 Å². The second-order valence-corrected chi connectivity index (χ2v) is 5.63. The van der Waals surface area contributed by atoms with Gasteiger partial charge in [0.2, 0.25) is 11.8 Å². The van der Waals surface area contributed by atoms with E-state index >= 15 is 0 Å². The van der Waals surface area contributed by atoms with Gasteiger partial charge in [-0.1, -0.05) is 19.1 Å². The average molecular weight is 290 g/mol. The molecule has 5 nitrogen and oxygen atoms in total. The summed E-state index contributed by atoms with van der Waals surface area (Å²) in [6, 6.07) is 7.76. The minimum absolute atomic E-state index is 0.0440. The summed E-state index contributed by atoms with van der Waals surface area (Å²) in [6.45, 7) is 6.55. The van der Waals surface area contributed by atoms with Crippen LogP contribution in [0.5, 0.6) is 5.75 Å². The van der Waals surface area contributed by atoms with Crippen molar-refractivity contribution in [3.05, 3.63) is 29.8 Å². The van der Waals surface area contributed by atoms with Gasteiger partial charge in [-0.2, -0.15) is 0 Å². The molecule has 21 heavy (non-hydrogen) atoms. The third-order valence-electron chi connectivity index (χ3n) is 3.84. The Morgan fingerprint density at radius 1 is 1.38 bits per heavy atom. The quantitative estimate of drug-likeness (QED) is 0.894. The fourth-order valence-corrected chi connectivity index (χ4v) is 2.39. The van der Waals surface area contributed by atoms with Crippen LogP contribution in [0.2, 0.25) is 0 Å². The summed E-state index contributed by atoms with van der Waals surface area (Å²) in [4.78, 5) is 25.7. The number of nitrogens with one attached hydrogen (secondary N) is 1. The van der Waals surface area contributed by atoms with Crippen LogP contribution < -0.4 is 10.1 Å². The van der Waals surface area contributed by atoms with Crippen molar-refractivity contribution in [3.8, 4) is 5.75 Å². The highest BCUT2D eigenvalue weighted by Gasteiger charge is 2.41. The zero-order valence-corrected chi connectivity index (χ0v) is 12.8. The number of carbonyl (C=O) groups is 2. The number of amides is 2. The summed E-state index contributed by atoms with van der Waals surface area (Å²) in [5.41, 5.74) is 0.332. The van der Waals surface area contributed by atoms with Crippen LogP contribution >= 0.6 is 0 Å². The second-order valence-electron chi connectivity index (χ2n) is 5.63. The van der Waals surface area contributed by atoms with Gasteiger partial charge in [-0.05, 0) is 38.0 Å². The van der Waals surface area contributed by atoms with Gasteiger partial charge in [0.05, 0.1) is 13.1 Å². The average Bonchev–Trinajstić information content (AvgIpc) is 2.44. The molecule has 0 saturated carbocycles. The first-order valence-electron chi connectivity index (χ1n) is 7.24. The molecule has 1 fully saturated rings. The van der Waals surface area contributed by atoms with Crippen molar-refractivity contribution in [2.75, 3.05) is 19.7 Å². The molecule has 1 aliphatic heterocycles. The van der Waals surface area contributed by atoms with E-state index in [0.717, 1.165) is 11.3 Å². The molecule has 0 aromatic heterocycles. The van der Waals surface area contributed by atoms with Gasteiger partial charge >= 0.3 is 0 Å². The predicted molar refractivity (Wildman–Crippen MR) is 80.1 cm³/mol. The minimum atomic E-state index is -0.793. The molecule has 2 amide bonds. The van der Waals surface area contributed by atoms with Crippen LogP contribution in [0.3, 0.4) is 0 Å². The predicted octanol–water partition coefficient (Wildman–Crippen LogP) is 1.50. The number of benzene rings is 1. The molecule has 2 rings (SSSR count). The number of nitrogens with zero attached hydrogens (tertiary/aromatic N) is 1. The highest BCUT2D eigenvalue weighted by Crippen LogP contribution is 2.18. The molecule has 0 aliphatic carbocycles. The van der Waals surface area contributed by atoms with Crippen molar-refractivity contribution in [2.24, 2.45) is 0 Å². The van der Waals surface area contributed by atoms with Crippen LogP contribution in [0.25, 0.3) is 0 Å². The van der Waals surface area contributed by atoms with E-state index in [1.54, 1.807) is 11.8 Å². The van der Waals surface area contributed by atoms with Crippen molar-refractivity contribution in [2.45, 2.75) is 32.7 Å². The molecule has 0 bridgehead atoms. The number of aryl methyl sites for hydroxylation is 1. The molecule has 1 N–H and O–H groups in total. The summed E-state index contributed by atoms with van der Waals surface area (Å²) in [5.74, 6) is 0.620. The molecule has 1 aromatic rings. The molecule has 1 heterocycles. The van der Waals surface area contributed by atoms with Crippen molar-refractivity contribution in [3.63, 3.8) is 0 Å². The summed E-state index contributed by atoms with van der Waals surface area (Å²) in [6.07, 6.45) is 0.576. The topological polar surface area (TPSA) is 58.6 Å². The van der Waals surface area contributed by atoms with E-state index in [2.05, 4.69) is 5.32 Å². The van der Waals surface area contributed by atoms with Crippen molar-refractivity contribution in [1.29, 1.82) is 0 Å². The van der Waals surface area contributed by atoms with Crippen molar-refractivity contribution < 1.29 is 14.3 Å². The molecule has 1 aromatic carbocycles. The maximum atomic E-state index is 12.4. The van der Waals surface area contributed by atoms with E-state index in [0.29, 0.717) is 19.6 Å². The Bertz CT molecular complexity index is 544. The standard InChI is InChI=1S/C16H22N2O3/c1-4-16(3)15(20)18(11-14(19)17-16)8-9-21-13-7-5-6-12(2)10-13/h5-7,10H,4,8-9,11H2,1-3H3,(H,17,19). The first-order chi connectivity index (χ1) is 9.94. The van der Waals surface area contributed by atoms with Crippen LogP contribution in [0.15, 0.2) is 24.3 Å². The lowest BCUT2D eigenvalue weighted by Crippen LogP contribution is -2.65. The van der Waals surface area contributed by atoms with E-state index in [9.17, 15) is 9.59 Å². The summed E-state index contributed by atoms with van der Waals surface area (Å²) < 4.78 is 5.65. The van der Waals surface area contributed by atoms with E-state index in [-0.39, 0.29) is 18.4 Å². The number of hydrogen-bond donors (Lipinski definition) is 1. The molecule has 0 spiro atoms. The number of piperazine rings is 1. The highest BCUT2D eigenvalue weighted by molar-refractivity contribution is 5.97.